The lowest BCUT2D eigenvalue weighted by molar-refractivity contribution is -0.140. The molecule has 0 aliphatic rings. The van der Waals surface area contributed by atoms with Crippen molar-refractivity contribution in [2.75, 3.05) is 0 Å². The highest BCUT2D eigenvalue weighted by Crippen LogP contribution is 2.16. The van der Waals surface area contributed by atoms with Crippen LogP contribution in [0.2, 0.25) is 0 Å². The number of carboxylic acid groups (broad SMARTS) is 2. The van der Waals surface area contributed by atoms with Crippen molar-refractivity contribution in [3.05, 3.63) is 12.2 Å². The van der Waals surface area contributed by atoms with Gasteiger partial charge in [-0.25, -0.2) is 0 Å². The average Bonchev–Trinajstić information content (AvgIpc) is 2.13. The van der Waals surface area contributed by atoms with Gasteiger partial charge in [0.05, 0.1) is 0 Å². The molecule has 2 N–H and O–H groups in total. The van der Waals surface area contributed by atoms with Gasteiger partial charge >= 0.3 is 11.9 Å². The number of allylic oxidation sites excluding steroid dienone is 2. The van der Waals surface area contributed by atoms with Gasteiger partial charge in [-0.3, -0.25) is 9.59 Å². The minimum absolute atomic E-state index is 0.0396. The van der Waals surface area contributed by atoms with Gasteiger partial charge in [0.2, 0.25) is 0 Å². The summed E-state index contributed by atoms with van der Waals surface area (Å²) in [4.78, 5) is 20.9. The molecule has 86 valence electrons. The van der Waals surface area contributed by atoms with Crippen LogP contribution in [0.1, 0.15) is 39.0 Å². The molecule has 0 fully saturated rings. The number of aliphatic carboxylic acids is 2. The van der Waals surface area contributed by atoms with E-state index >= 15 is 0 Å². The Morgan fingerprint density at radius 2 is 1.87 bits per heavy atom. The molecule has 0 aliphatic carbocycles. The minimum Gasteiger partial charge on any atom is -0.481 e. The van der Waals surface area contributed by atoms with E-state index in [4.69, 9.17) is 10.2 Å². The highest BCUT2D eigenvalue weighted by atomic mass is 16.4. The van der Waals surface area contributed by atoms with Gasteiger partial charge < -0.3 is 10.2 Å². The summed E-state index contributed by atoms with van der Waals surface area (Å²) in [6.07, 6.45) is 5.96. The lowest BCUT2D eigenvalue weighted by Gasteiger charge is -2.10. The second-order valence-electron chi connectivity index (χ2n) is 3.51. The summed E-state index contributed by atoms with van der Waals surface area (Å²) in [6, 6.07) is 0. The molecule has 0 heterocycles. The first-order valence-corrected chi connectivity index (χ1v) is 5.14. The molecule has 0 aliphatic heterocycles. The summed E-state index contributed by atoms with van der Waals surface area (Å²) in [5.74, 6) is -1.80. The van der Waals surface area contributed by atoms with Crippen LogP contribution in [0.4, 0.5) is 0 Å². The monoisotopic (exact) mass is 214 g/mol. The van der Waals surface area contributed by atoms with Crippen molar-refractivity contribution >= 4 is 11.9 Å². The van der Waals surface area contributed by atoms with Gasteiger partial charge in [0, 0.05) is 12.8 Å². The molecule has 0 bridgehead atoms. The fourth-order valence-electron chi connectivity index (χ4n) is 1.33. The lowest BCUT2D eigenvalue weighted by Crippen LogP contribution is -2.09. The van der Waals surface area contributed by atoms with Crippen LogP contribution >= 0.6 is 0 Å². The quantitative estimate of drug-likeness (QED) is 0.608. The zero-order chi connectivity index (χ0) is 11.7. The Hall–Kier alpha value is -1.32. The van der Waals surface area contributed by atoms with Crippen LogP contribution in [0.3, 0.4) is 0 Å². The molecule has 0 rings (SSSR count). The first kappa shape index (κ1) is 13.7. The summed E-state index contributed by atoms with van der Waals surface area (Å²) in [6.45, 7) is 2.00. The minimum atomic E-state index is -0.871. The number of hydrogen-bond donors (Lipinski definition) is 2. The Labute approximate surface area is 89.6 Å². The van der Waals surface area contributed by atoms with E-state index in [1.165, 1.54) is 0 Å². The van der Waals surface area contributed by atoms with E-state index in [2.05, 4.69) is 0 Å². The second-order valence-corrected chi connectivity index (χ2v) is 3.51. The van der Waals surface area contributed by atoms with E-state index in [9.17, 15) is 9.59 Å². The number of hydrogen-bond acceptors (Lipinski definition) is 2. The fraction of sp³-hybridized carbons (Fsp3) is 0.636. The van der Waals surface area contributed by atoms with Gasteiger partial charge in [-0.1, -0.05) is 19.1 Å². The summed E-state index contributed by atoms with van der Waals surface area (Å²) in [5, 5.41) is 17.1. The third-order valence-corrected chi connectivity index (χ3v) is 2.10. The molecule has 0 radical (unpaired) electrons. The van der Waals surface area contributed by atoms with Gasteiger partial charge in [0.1, 0.15) is 0 Å². The van der Waals surface area contributed by atoms with Crippen LogP contribution < -0.4 is 0 Å². The molecule has 15 heavy (non-hydrogen) atoms. The van der Waals surface area contributed by atoms with Crippen LogP contribution in [-0.2, 0) is 9.59 Å². The molecule has 1 unspecified atom stereocenters. The topological polar surface area (TPSA) is 74.6 Å². The Kier molecular flexibility index (Phi) is 7.32. The normalized spacial score (nSPS) is 12.9. The summed E-state index contributed by atoms with van der Waals surface area (Å²) in [7, 11) is 0. The van der Waals surface area contributed by atoms with Crippen molar-refractivity contribution in [3.8, 4) is 0 Å². The predicted octanol–water partition coefficient (Wildman–Crippen LogP) is 2.30. The molecule has 4 nitrogen and oxygen atoms in total. The molecule has 0 aromatic heterocycles. The van der Waals surface area contributed by atoms with Crippen molar-refractivity contribution in [2.45, 2.75) is 39.0 Å². The van der Waals surface area contributed by atoms with Crippen LogP contribution in [0, 0.1) is 5.92 Å². The molecular weight excluding hydrogens is 196 g/mol. The van der Waals surface area contributed by atoms with E-state index in [1.54, 1.807) is 0 Å². The van der Waals surface area contributed by atoms with Crippen molar-refractivity contribution in [1.29, 1.82) is 0 Å². The van der Waals surface area contributed by atoms with Crippen LogP contribution in [0.25, 0.3) is 0 Å². The van der Waals surface area contributed by atoms with Gasteiger partial charge in [-0.15, -0.1) is 0 Å². The Bertz CT molecular complexity index is 233. The molecule has 0 spiro atoms. The van der Waals surface area contributed by atoms with Gasteiger partial charge in [0.25, 0.3) is 0 Å². The molecule has 1 atom stereocenters. The molecule has 4 heteroatoms. The van der Waals surface area contributed by atoms with E-state index in [1.807, 2.05) is 19.1 Å². The maximum Gasteiger partial charge on any atom is 0.303 e. The van der Waals surface area contributed by atoms with Gasteiger partial charge in [0.15, 0.2) is 0 Å². The molecule has 0 aromatic carbocycles. The van der Waals surface area contributed by atoms with Crippen LogP contribution in [0.15, 0.2) is 12.2 Å². The largest absolute Gasteiger partial charge is 0.481 e. The van der Waals surface area contributed by atoms with E-state index in [0.717, 1.165) is 6.42 Å². The van der Waals surface area contributed by atoms with E-state index < -0.39 is 11.9 Å². The van der Waals surface area contributed by atoms with Crippen molar-refractivity contribution in [3.63, 3.8) is 0 Å². The van der Waals surface area contributed by atoms with Crippen LogP contribution in [-0.4, -0.2) is 22.2 Å². The van der Waals surface area contributed by atoms with Crippen molar-refractivity contribution < 1.29 is 19.8 Å². The molecule has 0 aromatic rings. The zero-order valence-electron chi connectivity index (χ0n) is 8.98. The van der Waals surface area contributed by atoms with Crippen LogP contribution in [0.5, 0.6) is 0 Å². The SMILES string of the molecule is CCC=CCC(CCC(=O)O)CC(=O)O. The third-order valence-electron chi connectivity index (χ3n) is 2.10. The zero-order valence-corrected chi connectivity index (χ0v) is 8.98. The maximum atomic E-state index is 10.5. The highest BCUT2D eigenvalue weighted by Gasteiger charge is 2.13. The molecular formula is C11H18O4. The summed E-state index contributed by atoms with van der Waals surface area (Å²) < 4.78 is 0. The van der Waals surface area contributed by atoms with Crippen molar-refractivity contribution in [2.24, 2.45) is 5.92 Å². The second kappa shape index (κ2) is 8.03. The lowest BCUT2D eigenvalue weighted by atomic mass is 9.95. The number of carboxylic acids is 2. The first-order valence-electron chi connectivity index (χ1n) is 5.14. The number of carbonyl (C=O) groups is 2. The van der Waals surface area contributed by atoms with E-state index in [0.29, 0.717) is 12.8 Å². The Morgan fingerprint density at radius 3 is 2.33 bits per heavy atom. The standard InChI is InChI=1S/C11H18O4/c1-2-3-4-5-9(8-11(14)15)6-7-10(12)13/h3-4,9H,2,5-8H2,1H3,(H,12,13)(H,14,15). The number of rotatable bonds is 8. The maximum absolute atomic E-state index is 10.5. The fourth-order valence-corrected chi connectivity index (χ4v) is 1.33. The predicted molar refractivity (Wildman–Crippen MR) is 56.7 cm³/mol. The van der Waals surface area contributed by atoms with Crippen molar-refractivity contribution in [1.82, 2.24) is 0 Å². The van der Waals surface area contributed by atoms with Gasteiger partial charge in [-0.05, 0) is 25.2 Å². The van der Waals surface area contributed by atoms with E-state index in [-0.39, 0.29) is 18.8 Å². The highest BCUT2D eigenvalue weighted by molar-refractivity contribution is 5.68. The summed E-state index contributed by atoms with van der Waals surface area (Å²) >= 11 is 0. The Morgan fingerprint density at radius 1 is 1.20 bits per heavy atom. The molecule has 0 amide bonds. The van der Waals surface area contributed by atoms with Gasteiger partial charge in [-0.2, -0.15) is 0 Å². The molecule has 0 saturated heterocycles. The summed E-state index contributed by atoms with van der Waals surface area (Å²) in [5.41, 5.74) is 0. The smallest absolute Gasteiger partial charge is 0.303 e. The average molecular weight is 214 g/mol. The Balaban J connectivity index is 3.99. The first-order chi connectivity index (χ1) is 7.06. The molecule has 0 saturated carbocycles. The third kappa shape index (κ3) is 9.00.